The van der Waals surface area contributed by atoms with E-state index in [9.17, 15) is 14.0 Å². The van der Waals surface area contributed by atoms with Gasteiger partial charge in [-0.05, 0) is 25.1 Å². The molecule has 0 unspecified atom stereocenters. The molecule has 0 aliphatic rings. The summed E-state index contributed by atoms with van der Waals surface area (Å²) < 4.78 is 13.7. The molecule has 25 heavy (non-hydrogen) atoms. The van der Waals surface area contributed by atoms with Gasteiger partial charge in [-0.15, -0.1) is 0 Å². The minimum atomic E-state index is -0.732. The molecule has 2 aromatic heterocycles. The monoisotopic (exact) mass is 338 g/mol. The first-order valence-corrected chi connectivity index (χ1v) is 7.69. The van der Waals surface area contributed by atoms with Crippen LogP contribution in [0.15, 0.2) is 48.8 Å². The fourth-order valence-corrected chi connectivity index (χ4v) is 2.43. The van der Waals surface area contributed by atoms with Gasteiger partial charge < -0.3 is 10.6 Å². The third-order valence-electron chi connectivity index (χ3n) is 3.56. The average Bonchev–Trinajstić information content (AvgIpc) is 2.61. The van der Waals surface area contributed by atoms with Gasteiger partial charge in [-0.2, -0.15) is 0 Å². The number of rotatable bonds is 4. The largest absolute Gasteiger partial charge is 0.352 e. The van der Waals surface area contributed by atoms with Gasteiger partial charge >= 0.3 is 0 Å². The van der Waals surface area contributed by atoms with Gasteiger partial charge in [0, 0.05) is 18.1 Å². The second-order valence-electron chi connectivity index (χ2n) is 5.24. The predicted molar refractivity (Wildman–Crippen MR) is 91.9 cm³/mol. The number of benzene rings is 1. The van der Waals surface area contributed by atoms with Crippen molar-refractivity contribution in [3.05, 3.63) is 65.7 Å². The molecule has 0 radical (unpaired) electrons. The zero-order valence-electron chi connectivity index (χ0n) is 13.4. The van der Waals surface area contributed by atoms with Gasteiger partial charge in [0.05, 0.1) is 22.8 Å². The molecular weight excluding hydrogens is 323 g/mol. The highest BCUT2D eigenvalue weighted by atomic mass is 19.1. The molecular formula is C18H15FN4O2. The zero-order chi connectivity index (χ0) is 17.8. The van der Waals surface area contributed by atoms with Crippen LogP contribution in [0.5, 0.6) is 0 Å². The Morgan fingerprint density at radius 2 is 1.92 bits per heavy atom. The Hall–Kier alpha value is -3.35. The average molecular weight is 338 g/mol. The number of aromatic nitrogens is 2. The fraction of sp³-hybridized carbons (Fsp3) is 0.111. The molecule has 0 saturated heterocycles. The number of anilines is 1. The summed E-state index contributed by atoms with van der Waals surface area (Å²) in [5.41, 5.74) is 0.791. The number of nitrogens with zero attached hydrogens (tertiary/aromatic N) is 2. The van der Waals surface area contributed by atoms with E-state index in [4.69, 9.17) is 0 Å². The number of fused-ring (bicyclic) bond motifs is 1. The molecule has 1 aromatic carbocycles. The van der Waals surface area contributed by atoms with E-state index in [0.717, 1.165) is 6.20 Å². The highest BCUT2D eigenvalue weighted by Crippen LogP contribution is 2.21. The van der Waals surface area contributed by atoms with Crippen molar-refractivity contribution in [2.45, 2.75) is 6.92 Å². The fourth-order valence-electron chi connectivity index (χ4n) is 2.43. The van der Waals surface area contributed by atoms with Crippen molar-refractivity contribution in [3.63, 3.8) is 0 Å². The van der Waals surface area contributed by atoms with E-state index in [1.165, 1.54) is 18.3 Å². The van der Waals surface area contributed by atoms with Crippen molar-refractivity contribution in [3.8, 4) is 0 Å². The normalized spacial score (nSPS) is 10.5. The topological polar surface area (TPSA) is 84.0 Å². The summed E-state index contributed by atoms with van der Waals surface area (Å²) in [5, 5.41) is 5.93. The molecule has 0 aliphatic carbocycles. The highest BCUT2D eigenvalue weighted by molar-refractivity contribution is 6.09. The van der Waals surface area contributed by atoms with E-state index in [1.807, 2.05) is 6.92 Å². The van der Waals surface area contributed by atoms with Crippen LogP contribution in [0.25, 0.3) is 10.9 Å². The lowest BCUT2D eigenvalue weighted by Gasteiger charge is -2.10. The van der Waals surface area contributed by atoms with E-state index in [-0.39, 0.29) is 17.3 Å². The summed E-state index contributed by atoms with van der Waals surface area (Å²) in [6.07, 6.45) is 2.29. The van der Waals surface area contributed by atoms with Crippen LogP contribution in [0.2, 0.25) is 0 Å². The standard InChI is InChI=1S/C18H15FN4O2/c1-2-21-17(24)13-9-16(22-15-6-4-3-5-11(13)15)23-18(25)12-7-8-20-10-14(12)19/h3-10H,2H2,1H3,(H,21,24)(H,22,23,25). The van der Waals surface area contributed by atoms with Crippen LogP contribution in [0.4, 0.5) is 10.2 Å². The van der Waals surface area contributed by atoms with Gasteiger partial charge in [-0.25, -0.2) is 9.37 Å². The van der Waals surface area contributed by atoms with Gasteiger partial charge in [0.1, 0.15) is 5.82 Å². The summed E-state index contributed by atoms with van der Waals surface area (Å²) >= 11 is 0. The molecule has 3 aromatic rings. The lowest BCUT2D eigenvalue weighted by molar-refractivity contribution is 0.0955. The molecule has 2 heterocycles. The van der Waals surface area contributed by atoms with Crippen LogP contribution >= 0.6 is 0 Å². The van der Waals surface area contributed by atoms with Crippen LogP contribution in [0.3, 0.4) is 0 Å². The van der Waals surface area contributed by atoms with Crippen molar-refractivity contribution in [1.82, 2.24) is 15.3 Å². The Morgan fingerprint density at radius 1 is 1.12 bits per heavy atom. The molecule has 126 valence electrons. The van der Waals surface area contributed by atoms with Crippen LogP contribution < -0.4 is 10.6 Å². The number of hydrogen-bond acceptors (Lipinski definition) is 4. The van der Waals surface area contributed by atoms with Crippen LogP contribution in [-0.4, -0.2) is 28.3 Å². The maximum atomic E-state index is 13.7. The predicted octanol–water partition coefficient (Wildman–Crippen LogP) is 2.77. The second-order valence-corrected chi connectivity index (χ2v) is 5.24. The van der Waals surface area contributed by atoms with E-state index in [1.54, 1.807) is 24.3 Å². The summed E-state index contributed by atoms with van der Waals surface area (Å²) in [6, 6.07) is 9.85. The van der Waals surface area contributed by atoms with Gasteiger partial charge in [0.2, 0.25) is 0 Å². The van der Waals surface area contributed by atoms with Crippen molar-refractivity contribution in [2.75, 3.05) is 11.9 Å². The number of para-hydroxylation sites is 1. The highest BCUT2D eigenvalue weighted by Gasteiger charge is 2.16. The van der Waals surface area contributed by atoms with Gasteiger partial charge in [0.15, 0.2) is 5.82 Å². The van der Waals surface area contributed by atoms with Crippen LogP contribution in [-0.2, 0) is 0 Å². The minimum Gasteiger partial charge on any atom is -0.352 e. The third-order valence-corrected chi connectivity index (χ3v) is 3.56. The number of carbonyl (C=O) groups excluding carboxylic acids is 2. The number of amides is 2. The van der Waals surface area contributed by atoms with Crippen molar-refractivity contribution >= 4 is 28.5 Å². The number of halogens is 1. The quantitative estimate of drug-likeness (QED) is 0.766. The first-order valence-electron chi connectivity index (χ1n) is 7.69. The lowest BCUT2D eigenvalue weighted by atomic mass is 10.1. The first-order chi connectivity index (χ1) is 12.1. The van der Waals surface area contributed by atoms with Crippen LogP contribution in [0.1, 0.15) is 27.6 Å². The zero-order valence-corrected chi connectivity index (χ0v) is 13.4. The van der Waals surface area contributed by atoms with E-state index in [2.05, 4.69) is 20.6 Å². The van der Waals surface area contributed by atoms with Crippen molar-refractivity contribution < 1.29 is 14.0 Å². The minimum absolute atomic E-state index is 0.149. The molecule has 6 nitrogen and oxygen atoms in total. The summed E-state index contributed by atoms with van der Waals surface area (Å²) in [4.78, 5) is 32.5. The lowest BCUT2D eigenvalue weighted by Crippen LogP contribution is -2.23. The number of carbonyl (C=O) groups is 2. The maximum Gasteiger partial charge on any atom is 0.259 e. The van der Waals surface area contributed by atoms with Crippen LogP contribution in [0, 0.1) is 5.82 Å². The molecule has 7 heteroatoms. The second kappa shape index (κ2) is 7.04. The SMILES string of the molecule is CCNC(=O)c1cc(NC(=O)c2ccncc2F)nc2ccccc12. The van der Waals surface area contributed by atoms with Crippen molar-refractivity contribution in [1.29, 1.82) is 0 Å². The first kappa shape index (κ1) is 16.5. The molecule has 2 amide bonds. The Labute approximate surface area is 143 Å². The maximum absolute atomic E-state index is 13.7. The smallest absolute Gasteiger partial charge is 0.259 e. The molecule has 0 saturated carbocycles. The van der Waals surface area contributed by atoms with Gasteiger partial charge in [-0.3, -0.25) is 14.6 Å². The number of pyridine rings is 2. The van der Waals surface area contributed by atoms with E-state index in [0.29, 0.717) is 23.0 Å². The van der Waals surface area contributed by atoms with Gasteiger partial charge in [0.25, 0.3) is 11.8 Å². The number of nitrogens with one attached hydrogen (secondary N) is 2. The summed E-state index contributed by atoms with van der Waals surface area (Å²) in [7, 11) is 0. The van der Waals surface area contributed by atoms with Gasteiger partial charge in [-0.1, -0.05) is 18.2 Å². The van der Waals surface area contributed by atoms with E-state index < -0.39 is 11.7 Å². The summed E-state index contributed by atoms with van der Waals surface area (Å²) in [5.74, 6) is -1.50. The Bertz CT molecular complexity index is 959. The molecule has 0 fully saturated rings. The molecule has 0 bridgehead atoms. The van der Waals surface area contributed by atoms with Crippen molar-refractivity contribution in [2.24, 2.45) is 0 Å². The Balaban J connectivity index is 2.01. The third kappa shape index (κ3) is 3.45. The molecule has 0 aliphatic heterocycles. The number of hydrogen-bond donors (Lipinski definition) is 2. The molecule has 0 spiro atoms. The molecule has 0 atom stereocenters. The Kier molecular flexibility index (Phi) is 4.65. The molecule has 3 rings (SSSR count). The Morgan fingerprint density at radius 3 is 2.68 bits per heavy atom. The van der Waals surface area contributed by atoms with E-state index >= 15 is 0 Å². The molecule has 2 N–H and O–H groups in total. The summed E-state index contributed by atoms with van der Waals surface area (Å²) in [6.45, 7) is 2.29.